The number of carbonyl (C=O) groups excluding carboxylic acids is 1. The van der Waals surface area contributed by atoms with Gasteiger partial charge in [-0.2, -0.15) is 0 Å². The van der Waals surface area contributed by atoms with E-state index >= 15 is 0 Å². The van der Waals surface area contributed by atoms with Crippen molar-refractivity contribution in [1.29, 1.82) is 0 Å². The smallest absolute Gasteiger partial charge is 0.273 e. The Morgan fingerprint density at radius 3 is 2.68 bits per heavy atom. The predicted molar refractivity (Wildman–Crippen MR) is 73.1 cm³/mol. The van der Waals surface area contributed by atoms with Crippen LogP contribution in [-0.4, -0.2) is 35.9 Å². The third-order valence-corrected chi connectivity index (χ3v) is 2.88. The summed E-state index contributed by atoms with van der Waals surface area (Å²) < 4.78 is 0. The molecule has 7 heteroatoms. The van der Waals surface area contributed by atoms with Crippen molar-refractivity contribution in [3.63, 3.8) is 0 Å². The molecule has 1 aromatic carbocycles. The summed E-state index contributed by atoms with van der Waals surface area (Å²) in [6.07, 6.45) is 0. The van der Waals surface area contributed by atoms with E-state index in [0.29, 0.717) is 10.6 Å². The average Bonchev–Trinajstić information content (AvgIpc) is 2.34. The van der Waals surface area contributed by atoms with Gasteiger partial charge < -0.3 is 10.2 Å². The number of hydrogen-bond donors (Lipinski definition) is 1. The summed E-state index contributed by atoms with van der Waals surface area (Å²) in [6, 6.07) is 3.93. The average molecular weight is 286 g/mol. The van der Waals surface area contributed by atoms with Crippen LogP contribution in [-0.2, 0) is 11.3 Å². The van der Waals surface area contributed by atoms with E-state index in [1.807, 2.05) is 0 Å². The Hall–Kier alpha value is -1.66. The number of likely N-dealkylation sites (N-methyl/N-ethyl adjacent to an activating group) is 1. The molecule has 0 heterocycles. The molecule has 1 aromatic rings. The van der Waals surface area contributed by atoms with Gasteiger partial charge in [-0.25, -0.2) is 0 Å². The van der Waals surface area contributed by atoms with Gasteiger partial charge in [-0.1, -0.05) is 11.6 Å². The first-order valence-corrected chi connectivity index (χ1v) is 6.08. The number of hydrogen-bond acceptors (Lipinski definition) is 4. The number of nitrogens with one attached hydrogen (secondary N) is 1. The maximum Gasteiger partial charge on any atom is 0.273 e. The monoisotopic (exact) mass is 285 g/mol. The lowest BCUT2D eigenvalue weighted by molar-refractivity contribution is -0.385. The highest BCUT2D eigenvalue weighted by atomic mass is 35.5. The number of carbonyl (C=O) groups is 1. The standard InChI is InChI=1S/C12H16ClN3O3/c1-8(12(17)15(2)3)14-7-9-6-10(13)4-5-11(9)16(18)19/h4-6,8,14H,7H2,1-3H3. The summed E-state index contributed by atoms with van der Waals surface area (Å²) in [5.41, 5.74) is 0.442. The molecule has 104 valence electrons. The van der Waals surface area contributed by atoms with Gasteiger partial charge in [0.25, 0.3) is 5.69 Å². The Balaban J connectivity index is 2.80. The molecule has 0 spiro atoms. The van der Waals surface area contributed by atoms with Crippen LogP contribution in [0, 0.1) is 10.1 Å². The molecule has 1 amide bonds. The number of nitrogens with zero attached hydrogens (tertiary/aromatic N) is 2. The van der Waals surface area contributed by atoms with Crippen LogP contribution < -0.4 is 5.32 Å². The minimum Gasteiger partial charge on any atom is -0.347 e. The van der Waals surface area contributed by atoms with Crippen LogP contribution >= 0.6 is 11.6 Å². The van der Waals surface area contributed by atoms with Crippen LogP contribution in [0.25, 0.3) is 0 Å². The molecule has 1 N–H and O–H groups in total. The molecular formula is C12H16ClN3O3. The summed E-state index contributed by atoms with van der Waals surface area (Å²) in [5, 5.41) is 14.3. The molecule has 0 saturated heterocycles. The molecule has 19 heavy (non-hydrogen) atoms. The molecular weight excluding hydrogens is 270 g/mol. The molecule has 0 radical (unpaired) electrons. The van der Waals surface area contributed by atoms with Crippen LogP contribution in [0.2, 0.25) is 5.02 Å². The minimum absolute atomic E-state index is 0.0126. The van der Waals surface area contributed by atoms with Crippen molar-refractivity contribution in [1.82, 2.24) is 10.2 Å². The molecule has 0 aromatic heterocycles. The molecule has 1 unspecified atom stereocenters. The Labute approximate surface area is 116 Å². The fraction of sp³-hybridized carbons (Fsp3) is 0.417. The van der Waals surface area contributed by atoms with E-state index in [4.69, 9.17) is 11.6 Å². The molecule has 0 aliphatic carbocycles. The zero-order valence-corrected chi connectivity index (χ0v) is 11.8. The molecule has 1 atom stereocenters. The van der Waals surface area contributed by atoms with Crippen LogP contribution in [0.1, 0.15) is 12.5 Å². The van der Waals surface area contributed by atoms with Crippen molar-refractivity contribution in [2.24, 2.45) is 0 Å². The van der Waals surface area contributed by atoms with Crippen LogP contribution in [0.4, 0.5) is 5.69 Å². The summed E-state index contributed by atoms with van der Waals surface area (Å²) in [5.74, 6) is -0.0929. The third kappa shape index (κ3) is 4.18. The van der Waals surface area contributed by atoms with Crippen molar-refractivity contribution < 1.29 is 9.72 Å². The largest absolute Gasteiger partial charge is 0.347 e. The van der Waals surface area contributed by atoms with Crippen molar-refractivity contribution in [2.45, 2.75) is 19.5 Å². The number of nitro benzene ring substituents is 1. The highest BCUT2D eigenvalue weighted by Crippen LogP contribution is 2.22. The fourth-order valence-corrected chi connectivity index (χ4v) is 1.81. The number of amides is 1. The Bertz CT molecular complexity index is 491. The van der Waals surface area contributed by atoms with Gasteiger partial charge in [-0.05, 0) is 19.1 Å². The van der Waals surface area contributed by atoms with Crippen LogP contribution in [0.15, 0.2) is 18.2 Å². The van der Waals surface area contributed by atoms with E-state index in [1.54, 1.807) is 21.0 Å². The number of halogens is 1. The summed E-state index contributed by atoms with van der Waals surface area (Å²) in [4.78, 5) is 23.5. The van der Waals surface area contributed by atoms with Gasteiger partial charge >= 0.3 is 0 Å². The van der Waals surface area contributed by atoms with Crippen LogP contribution in [0.3, 0.4) is 0 Å². The van der Waals surface area contributed by atoms with Gasteiger partial charge in [0.05, 0.1) is 11.0 Å². The maximum atomic E-state index is 11.7. The normalized spacial score (nSPS) is 12.0. The van der Waals surface area contributed by atoms with Crippen molar-refractivity contribution in [3.05, 3.63) is 38.9 Å². The molecule has 0 fully saturated rings. The topological polar surface area (TPSA) is 75.5 Å². The number of nitro groups is 1. The first kappa shape index (κ1) is 15.4. The SMILES string of the molecule is CC(NCc1cc(Cl)ccc1[N+](=O)[O-])C(=O)N(C)C. The Morgan fingerprint density at radius 2 is 2.16 bits per heavy atom. The van der Waals surface area contributed by atoms with E-state index in [1.165, 1.54) is 23.1 Å². The number of benzene rings is 1. The van der Waals surface area contributed by atoms with Crippen molar-refractivity contribution in [2.75, 3.05) is 14.1 Å². The summed E-state index contributed by atoms with van der Waals surface area (Å²) >= 11 is 5.82. The predicted octanol–water partition coefficient (Wildman–Crippen LogP) is 1.81. The summed E-state index contributed by atoms with van der Waals surface area (Å²) in [6.45, 7) is 1.91. The second kappa shape index (κ2) is 6.49. The minimum atomic E-state index is -0.466. The first-order chi connectivity index (χ1) is 8.82. The molecule has 0 aliphatic heterocycles. The molecule has 1 rings (SSSR count). The molecule has 0 aliphatic rings. The van der Waals surface area contributed by atoms with Gasteiger partial charge in [-0.3, -0.25) is 14.9 Å². The van der Waals surface area contributed by atoms with E-state index in [2.05, 4.69) is 5.32 Å². The molecule has 6 nitrogen and oxygen atoms in total. The van der Waals surface area contributed by atoms with E-state index in [0.717, 1.165) is 0 Å². The molecule has 0 saturated carbocycles. The lowest BCUT2D eigenvalue weighted by Crippen LogP contribution is -2.41. The second-order valence-corrected chi connectivity index (χ2v) is 4.80. The van der Waals surface area contributed by atoms with Gasteiger partial charge in [0.15, 0.2) is 0 Å². The highest BCUT2D eigenvalue weighted by molar-refractivity contribution is 6.30. The second-order valence-electron chi connectivity index (χ2n) is 4.37. The quantitative estimate of drug-likeness (QED) is 0.661. The Kier molecular flexibility index (Phi) is 5.26. The molecule has 0 bridgehead atoms. The Morgan fingerprint density at radius 1 is 1.53 bits per heavy atom. The first-order valence-electron chi connectivity index (χ1n) is 5.70. The van der Waals surface area contributed by atoms with E-state index in [-0.39, 0.29) is 18.1 Å². The van der Waals surface area contributed by atoms with Gasteiger partial charge in [0, 0.05) is 37.3 Å². The van der Waals surface area contributed by atoms with Gasteiger partial charge in [0.2, 0.25) is 5.91 Å². The highest BCUT2D eigenvalue weighted by Gasteiger charge is 2.18. The lowest BCUT2D eigenvalue weighted by atomic mass is 10.1. The zero-order valence-electron chi connectivity index (χ0n) is 11.0. The van der Waals surface area contributed by atoms with Crippen molar-refractivity contribution >= 4 is 23.2 Å². The fourth-order valence-electron chi connectivity index (χ4n) is 1.61. The van der Waals surface area contributed by atoms with E-state index in [9.17, 15) is 14.9 Å². The lowest BCUT2D eigenvalue weighted by Gasteiger charge is -2.18. The van der Waals surface area contributed by atoms with Crippen molar-refractivity contribution in [3.8, 4) is 0 Å². The zero-order chi connectivity index (χ0) is 14.6. The maximum absolute atomic E-state index is 11.7. The third-order valence-electron chi connectivity index (χ3n) is 2.65. The number of rotatable bonds is 5. The van der Waals surface area contributed by atoms with Gasteiger partial charge in [0.1, 0.15) is 0 Å². The van der Waals surface area contributed by atoms with E-state index < -0.39 is 11.0 Å². The summed E-state index contributed by atoms with van der Waals surface area (Å²) in [7, 11) is 3.31. The van der Waals surface area contributed by atoms with Gasteiger partial charge in [-0.15, -0.1) is 0 Å². The van der Waals surface area contributed by atoms with Crippen LogP contribution in [0.5, 0.6) is 0 Å².